The van der Waals surface area contributed by atoms with Gasteiger partial charge in [0.05, 0.1) is 11.7 Å². The standard InChI is InChI=1S/C18H19BrN4O/c1-13(15-6-2-3-7-16(15)19)21-18(24)20-10-9-14-12-23-11-5-4-8-17(23)22-14/h2-8,11-13H,9-10H2,1H3,(H2,20,21,24). The van der Waals surface area contributed by atoms with Crippen LogP contribution < -0.4 is 10.6 Å². The van der Waals surface area contributed by atoms with Gasteiger partial charge in [0.2, 0.25) is 0 Å². The molecule has 3 rings (SSSR count). The van der Waals surface area contributed by atoms with Gasteiger partial charge in [0.25, 0.3) is 0 Å². The molecule has 0 aliphatic carbocycles. The molecule has 1 atom stereocenters. The van der Waals surface area contributed by atoms with Crippen molar-refractivity contribution < 1.29 is 4.79 Å². The number of fused-ring (bicyclic) bond motifs is 1. The molecule has 0 aliphatic heterocycles. The van der Waals surface area contributed by atoms with Crippen LogP contribution in [0.25, 0.3) is 5.65 Å². The molecule has 0 aliphatic rings. The number of amides is 2. The first kappa shape index (κ1) is 16.5. The van der Waals surface area contributed by atoms with E-state index >= 15 is 0 Å². The number of hydrogen-bond acceptors (Lipinski definition) is 2. The number of aromatic nitrogens is 2. The monoisotopic (exact) mass is 386 g/mol. The highest BCUT2D eigenvalue weighted by Gasteiger charge is 2.11. The Morgan fingerprint density at radius 3 is 2.83 bits per heavy atom. The SMILES string of the molecule is CC(NC(=O)NCCc1cn2ccccc2n1)c1ccccc1Br. The molecule has 2 aromatic heterocycles. The molecule has 0 radical (unpaired) electrons. The molecule has 0 bridgehead atoms. The van der Waals surface area contributed by atoms with Gasteiger partial charge in [-0.2, -0.15) is 0 Å². The molecule has 0 saturated heterocycles. The minimum atomic E-state index is -0.179. The van der Waals surface area contributed by atoms with Gasteiger partial charge in [-0.3, -0.25) is 0 Å². The second kappa shape index (κ2) is 7.49. The summed E-state index contributed by atoms with van der Waals surface area (Å²) in [4.78, 5) is 16.6. The Labute approximate surface area is 149 Å². The van der Waals surface area contributed by atoms with Crippen molar-refractivity contribution in [2.45, 2.75) is 19.4 Å². The number of hydrogen-bond donors (Lipinski definition) is 2. The first-order valence-electron chi connectivity index (χ1n) is 7.85. The quantitative estimate of drug-likeness (QED) is 0.702. The second-order valence-corrected chi connectivity index (χ2v) is 6.45. The zero-order valence-electron chi connectivity index (χ0n) is 13.4. The first-order chi connectivity index (χ1) is 11.6. The van der Waals surface area contributed by atoms with Crippen molar-refractivity contribution in [3.8, 4) is 0 Å². The minimum absolute atomic E-state index is 0.0734. The largest absolute Gasteiger partial charge is 0.338 e. The Balaban J connectivity index is 1.49. The third-order valence-electron chi connectivity index (χ3n) is 3.80. The second-order valence-electron chi connectivity index (χ2n) is 5.59. The van der Waals surface area contributed by atoms with E-state index in [2.05, 4.69) is 31.5 Å². The highest BCUT2D eigenvalue weighted by Crippen LogP contribution is 2.22. The number of benzene rings is 1. The molecule has 124 valence electrons. The van der Waals surface area contributed by atoms with Crippen LogP contribution in [0, 0.1) is 0 Å². The number of urea groups is 1. The van der Waals surface area contributed by atoms with Crippen molar-refractivity contribution in [1.82, 2.24) is 20.0 Å². The molecule has 0 saturated carbocycles. The van der Waals surface area contributed by atoms with Crippen LogP contribution in [0.5, 0.6) is 0 Å². The molecule has 1 unspecified atom stereocenters. The van der Waals surface area contributed by atoms with E-state index in [4.69, 9.17) is 0 Å². The molecular formula is C18H19BrN4O. The summed E-state index contributed by atoms with van der Waals surface area (Å²) in [6.45, 7) is 2.50. The molecule has 0 fully saturated rings. The number of carbonyl (C=O) groups excluding carboxylic acids is 1. The van der Waals surface area contributed by atoms with Crippen molar-refractivity contribution >= 4 is 27.6 Å². The average Bonchev–Trinajstić information content (AvgIpc) is 2.97. The molecule has 2 amide bonds. The fourth-order valence-electron chi connectivity index (χ4n) is 2.56. The highest BCUT2D eigenvalue weighted by molar-refractivity contribution is 9.10. The molecule has 3 aromatic rings. The Hall–Kier alpha value is -2.34. The molecule has 2 N–H and O–H groups in total. The Morgan fingerprint density at radius 2 is 2.04 bits per heavy atom. The van der Waals surface area contributed by atoms with E-state index in [1.807, 2.05) is 66.2 Å². The van der Waals surface area contributed by atoms with Crippen LogP contribution in [0.15, 0.2) is 59.3 Å². The van der Waals surface area contributed by atoms with Gasteiger partial charge < -0.3 is 15.0 Å². The molecule has 1 aromatic carbocycles. The summed E-state index contributed by atoms with van der Waals surface area (Å²) < 4.78 is 2.97. The summed E-state index contributed by atoms with van der Waals surface area (Å²) >= 11 is 3.50. The van der Waals surface area contributed by atoms with Crippen molar-refractivity contribution in [2.24, 2.45) is 0 Å². The van der Waals surface area contributed by atoms with Crippen LogP contribution in [-0.2, 0) is 6.42 Å². The van der Waals surface area contributed by atoms with Gasteiger partial charge in [0.15, 0.2) is 0 Å². The Kier molecular flexibility index (Phi) is 5.15. The maximum Gasteiger partial charge on any atom is 0.315 e. The number of imidazole rings is 1. The van der Waals surface area contributed by atoms with Gasteiger partial charge in [-0.1, -0.05) is 40.2 Å². The van der Waals surface area contributed by atoms with E-state index in [0.717, 1.165) is 21.4 Å². The van der Waals surface area contributed by atoms with Gasteiger partial charge in [-0.15, -0.1) is 0 Å². The minimum Gasteiger partial charge on any atom is -0.338 e. The predicted octanol–water partition coefficient (Wildman–Crippen LogP) is 3.70. The zero-order valence-corrected chi connectivity index (χ0v) is 15.0. The maximum absolute atomic E-state index is 12.0. The van der Waals surface area contributed by atoms with Gasteiger partial charge >= 0.3 is 6.03 Å². The zero-order chi connectivity index (χ0) is 16.9. The van der Waals surface area contributed by atoms with Crippen LogP contribution in [0.4, 0.5) is 4.79 Å². The van der Waals surface area contributed by atoms with Gasteiger partial charge in [-0.05, 0) is 30.7 Å². The first-order valence-corrected chi connectivity index (χ1v) is 8.64. The lowest BCUT2D eigenvalue weighted by Crippen LogP contribution is -2.38. The average molecular weight is 387 g/mol. The van der Waals surface area contributed by atoms with Gasteiger partial charge in [0, 0.05) is 29.8 Å². The molecule has 0 spiro atoms. The van der Waals surface area contributed by atoms with Crippen LogP contribution >= 0.6 is 15.9 Å². The predicted molar refractivity (Wildman–Crippen MR) is 98.0 cm³/mol. The number of nitrogens with one attached hydrogen (secondary N) is 2. The smallest absolute Gasteiger partial charge is 0.315 e. The normalized spacial score (nSPS) is 12.1. The van der Waals surface area contributed by atoms with Crippen molar-refractivity contribution in [3.63, 3.8) is 0 Å². The van der Waals surface area contributed by atoms with Gasteiger partial charge in [-0.25, -0.2) is 9.78 Å². The summed E-state index contributed by atoms with van der Waals surface area (Å²) in [5.41, 5.74) is 2.92. The van der Waals surface area contributed by atoms with E-state index in [1.54, 1.807) is 0 Å². The highest BCUT2D eigenvalue weighted by atomic mass is 79.9. The molecule has 6 heteroatoms. The summed E-state index contributed by atoms with van der Waals surface area (Å²) in [6.07, 6.45) is 4.64. The van der Waals surface area contributed by atoms with Crippen LogP contribution in [0.3, 0.4) is 0 Å². The van der Waals surface area contributed by atoms with Crippen molar-refractivity contribution in [1.29, 1.82) is 0 Å². The van der Waals surface area contributed by atoms with Crippen LogP contribution in [0.2, 0.25) is 0 Å². The fourth-order valence-corrected chi connectivity index (χ4v) is 3.19. The van der Waals surface area contributed by atoms with E-state index in [-0.39, 0.29) is 12.1 Å². The van der Waals surface area contributed by atoms with Crippen molar-refractivity contribution in [2.75, 3.05) is 6.54 Å². The number of carbonyl (C=O) groups is 1. The van der Waals surface area contributed by atoms with Crippen LogP contribution in [0.1, 0.15) is 24.2 Å². The van der Waals surface area contributed by atoms with E-state index < -0.39 is 0 Å². The Bertz CT molecular complexity index is 813. The van der Waals surface area contributed by atoms with E-state index in [1.165, 1.54) is 0 Å². The Morgan fingerprint density at radius 1 is 1.25 bits per heavy atom. The third-order valence-corrected chi connectivity index (χ3v) is 4.52. The molecule has 2 heterocycles. The van der Waals surface area contributed by atoms with Gasteiger partial charge in [0.1, 0.15) is 5.65 Å². The number of nitrogens with zero attached hydrogens (tertiary/aromatic N) is 2. The molecule has 24 heavy (non-hydrogen) atoms. The number of rotatable bonds is 5. The van der Waals surface area contributed by atoms with E-state index in [0.29, 0.717) is 13.0 Å². The number of halogens is 1. The summed E-state index contributed by atoms with van der Waals surface area (Å²) in [5, 5.41) is 5.83. The maximum atomic E-state index is 12.0. The lowest BCUT2D eigenvalue weighted by atomic mass is 10.1. The summed E-state index contributed by atoms with van der Waals surface area (Å²) in [6, 6.07) is 13.5. The fraction of sp³-hybridized carbons (Fsp3) is 0.222. The number of pyridine rings is 1. The molecule has 5 nitrogen and oxygen atoms in total. The molecular weight excluding hydrogens is 368 g/mol. The van der Waals surface area contributed by atoms with E-state index in [9.17, 15) is 4.79 Å². The summed E-state index contributed by atoms with van der Waals surface area (Å²) in [7, 11) is 0. The van der Waals surface area contributed by atoms with Crippen molar-refractivity contribution in [3.05, 3.63) is 70.6 Å². The lowest BCUT2D eigenvalue weighted by Gasteiger charge is -2.16. The lowest BCUT2D eigenvalue weighted by molar-refractivity contribution is 0.238. The summed E-state index contributed by atoms with van der Waals surface area (Å²) in [5.74, 6) is 0. The third kappa shape index (κ3) is 3.94. The van der Waals surface area contributed by atoms with Crippen LogP contribution in [-0.4, -0.2) is 22.0 Å². The topological polar surface area (TPSA) is 58.4 Å².